The number of hydrogen-bond donors (Lipinski definition) is 4. The van der Waals surface area contributed by atoms with Crippen molar-refractivity contribution >= 4 is 67.1 Å². The first-order valence-corrected chi connectivity index (χ1v) is 19.5. The van der Waals surface area contributed by atoms with Crippen LogP contribution in [0.3, 0.4) is 0 Å². The second kappa shape index (κ2) is 18.0. The molecule has 6 rings (SSSR count). The van der Waals surface area contributed by atoms with Crippen LogP contribution in [0, 0.1) is 0 Å². The molecule has 2 amide bonds. The van der Waals surface area contributed by atoms with Crippen LogP contribution in [0.5, 0.6) is 0 Å². The first-order valence-electron chi connectivity index (χ1n) is 16.6. The van der Waals surface area contributed by atoms with Gasteiger partial charge in [0.05, 0.1) is 0 Å². The van der Waals surface area contributed by atoms with Gasteiger partial charge in [0.15, 0.2) is 11.6 Å². The fourth-order valence-electron chi connectivity index (χ4n) is 5.59. The topological polar surface area (TPSA) is 201 Å². The molecule has 0 saturated heterocycles. The van der Waals surface area contributed by atoms with Gasteiger partial charge < -0.3 is 10.6 Å². The molecule has 0 aliphatic rings. The Labute approximate surface area is 350 Å². The minimum absolute atomic E-state index is 0. The van der Waals surface area contributed by atoms with E-state index in [-0.39, 0.29) is 74.8 Å². The average molecular weight is 810 g/mol. The molecule has 0 aromatic heterocycles. The monoisotopic (exact) mass is 809 g/mol. The van der Waals surface area contributed by atoms with Crippen LogP contribution in [0.15, 0.2) is 155 Å². The summed E-state index contributed by atoms with van der Waals surface area (Å²) in [5, 5.41) is 5.09. The molecular weight excluding hydrogens is 780 g/mol. The Morgan fingerprint density at radius 2 is 0.719 bits per heavy atom. The van der Waals surface area contributed by atoms with Crippen molar-refractivity contribution in [3.8, 4) is 0 Å². The van der Waals surface area contributed by atoms with Gasteiger partial charge in [-0.25, -0.2) is 0 Å². The molecule has 280 valence electrons. The van der Waals surface area contributed by atoms with Gasteiger partial charge in [0.2, 0.25) is 0 Å². The van der Waals surface area contributed by atoms with Crippen LogP contribution in [0.25, 0.3) is 12.2 Å². The molecule has 15 heteroatoms. The van der Waals surface area contributed by atoms with Crippen LogP contribution in [0.2, 0.25) is 0 Å². The van der Waals surface area contributed by atoms with Crippen molar-refractivity contribution in [2.45, 2.75) is 9.79 Å². The third-order valence-electron chi connectivity index (χ3n) is 8.43. The SMILES string of the molecule is O=C(Nc1ccc(/C=C/c2ccc(NC(=O)c3ccc(C(=O)c4ccccc4)cc3)cc2S(=O)(=O)O)c(S(=O)(=O)O)c1)c1ccc(C(=O)c2ccccc2)cc1.[Na+]. The van der Waals surface area contributed by atoms with Crippen molar-refractivity contribution in [3.63, 3.8) is 0 Å². The van der Waals surface area contributed by atoms with Gasteiger partial charge in [-0.2, -0.15) is 16.8 Å². The molecule has 0 aliphatic carbocycles. The Kier molecular flexibility index (Phi) is 13.3. The largest absolute Gasteiger partial charge is 1.00 e. The second-order valence-corrected chi connectivity index (χ2v) is 15.0. The maximum atomic E-state index is 13.0. The third kappa shape index (κ3) is 10.5. The van der Waals surface area contributed by atoms with Crippen molar-refractivity contribution in [1.29, 1.82) is 0 Å². The van der Waals surface area contributed by atoms with Crippen LogP contribution in [0.4, 0.5) is 11.4 Å². The van der Waals surface area contributed by atoms with Crippen molar-refractivity contribution in [2.75, 3.05) is 10.6 Å². The number of rotatable bonds is 12. The maximum Gasteiger partial charge on any atom is 1.00 e. The summed E-state index contributed by atoms with van der Waals surface area (Å²) in [5.74, 6) is -1.73. The fourth-order valence-corrected chi connectivity index (χ4v) is 7.01. The molecule has 0 saturated carbocycles. The Bertz CT molecular complexity index is 2550. The van der Waals surface area contributed by atoms with Gasteiger partial charge in [0.25, 0.3) is 32.1 Å². The Hall–Kier alpha value is -5.84. The number of benzene rings is 6. The number of hydrogen-bond acceptors (Lipinski definition) is 8. The molecule has 0 spiro atoms. The Balaban J connectivity index is 0.00000620. The smallest absolute Gasteiger partial charge is 0.322 e. The van der Waals surface area contributed by atoms with Crippen molar-refractivity contribution in [2.24, 2.45) is 0 Å². The molecule has 0 bridgehead atoms. The fraction of sp³-hybridized carbons (Fsp3) is 0. The molecule has 0 aliphatic heterocycles. The summed E-state index contributed by atoms with van der Waals surface area (Å²) in [4.78, 5) is 50.1. The molecule has 0 unspecified atom stereocenters. The summed E-state index contributed by atoms with van der Waals surface area (Å²) in [6.45, 7) is 0. The zero-order valence-electron chi connectivity index (χ0n) is 30.0. The van der Waals surface area contributed by atoms with Crippen molar-refractivity contribution in [1.82, 2.24) is 0 Å². The second-order valence-electron chi connectivity index (χ2n) is 12.2. The zero-order chi connectivity index (χ0) is 40.0. The Morgan fingerprint density at radius 1 is 0.421 bits per heavy atom. The van der Waals surface area contributed by atoms with E-state index in [0.29, 0.717) is 22.3 Å². The molecule has 0 radical (unpaired) electrons. The summed E-state index contributed by atoms with van der Waals surface area (Å²) >= 11 is 0. The number of anilines is 2. The molecular formula is C42H30N2NaO10S2+. The number of carbonyl (C=O) groups is 4. The van der Waals surface area contributed by atoms with E-state index in [2.05, 4.69) is 10.6 Å². The van der Waals surface area contributed by atoms with E-state index < -0.39 is 41.8 Å². The average Bonchev–Trinajstić information content (AvgIpc) is 3.20. The number of nitrogens with one attached hydrogen (secondary N) is 2. The standard InChI is InChI=1S/C42H30N2O10S2.Na/c45-39(29-7-3-1-4-8-29)31-13-17-33(18-14-31)41(47)43-35-23-21-27(37(25-35)55(49,50)51)11-12-28-22-24-36(26-38(28)56(52,53)54)44-42(48)34-19-15-32(16-20-34)40(46)30-9-5-2-6-10-30;/h1-26H,(H,43,47)(H,44,48)(H,49,50,51)(H,52,53,54);/q;+1/b12-11+;. The summed E-state index contributed by atoms with van der Waals surface area (Å²) in [5.41, 5.74) is 1.80. The van der Waals surface area contributed by atoms with Crippen LogP contribution in [-0.4, -0.2) is 49.3 Å². The van der Waals surface area contributed by atoms with Crippen LogP contribution >= 0.6 is 0 Å². The molecule has 4 N–H and O–H groups in total. The van der Waals surface area contributed by atoms with Gasteiger partial charge in [-0.3, -0.25) is 28.3 Å². The minimum Gasteiger partial charge on any atom is -0.322 e. The third-order valence-corrected chi connectivity index (χ3v) is 10.3. The summed E-state index contributed by atoms with van der Waals surface area (Å²) in [6, 6.07) is 36.1. The maximum absolute atomic E-state index is 13.0. The molecule has 0 heterocycles. The molecule has 0 atom stereocenters. The molecule has 57 heavy (non-hydrogen) atoms. The predicted octanol–water partition coefficient (Wildman–Crippen LogP) is 4.32. The summed E-state index contributed by atoms with van der Waals surface area (Å²) in [6.07, 6.45) is 2.36. The van der Waals surface area contributed by atoms with Crippen LogP contribution in [0.1, 0.15) is 63.7 Å². The van der Waals surface area contributed by atoms with Gasteiger partial charge in [-0.05, 0) is 59.7 Å². The van der Waals surface area contributed by atoms with E-state index >= 15 is 0 Å². The van der Waals surface area contributed by atoms with E-state index in [1.807, 2.05) is 0 Å². The van der Waals surface area contributed by atoms with E-state index in [1.165, 1.54) is 84.9 Å². The quantitative estimate of drug-likeness (QED) is 0.0597. The minimum atomic E-state index is -4.88. The molecule has 0 fully saturated rings. The van der Waals surface area contributed by atoms with Crippen molar-refractivity contribution in [3.05, 3.63) is 190 Å². The van der Waals surface area contributed by atoms with Crippen LogP contribution < -0.4 is 40.2 Å². The summed E-state index contributed by atoms with van der Waals surface area (Å²) < 4.78 is 69.6. The van der Waals surface area contributed by atoms with Gasteiger partial charge in [-0.15, -0.1) is 0 Å². The van der Waals surface area contributed by atoms with E-state index in [1.54, 1.807) is 60.7 Å². The number of amides is 2. The van der Waals surface area contributed by atoms with E-state index in [4.69, 9.17) is 0 Å². The predicted molar refractivity (Wildman–Crippen MR) is 210 cm³/mol. The first-order chi connectivity index (χ1) is 26.7. The van der Waals surface area contributed by atoms with E-state index in [9.17, 15) is 45.1 Å². The normalized spacial score (nSPS) is 11.3. The van der Waals surface area contributed by atoms with Crippen LogP contribution in [-0.2, 0) is 20.2 Å². The van der Waals surface area contributed by atoms with E-state index in [0.717, 1.165) is 12.1 Å². The molecule has 6 aromatic rings. The summed E-state index contributed by atoms with van der Waals surface area (Å²) in [7, 11) is -9.77. The Morgan fingerprint density at radius 3 is 1.04 bits per heavy atom. The van der Waals surface area contributed by atoms with Gasteiger partial charge >= 0.3 is 29.6 Å². The number of ketones is 2. The molecule has 12 nitrogen and oxygen atoms in total. The first kappa shape index (κ1) is 42.3. The van der Waals surface area contributed by atoms with Gasteiger partial charge in [0.1, 0.15) is 9.79 Å². The zero-order valence-corrected chi connectivity index (χ0v) is 33.6. The van der Waals surface area contributed by atoms with Gasteiger partial charge in [0, 0.05) is 44.8 Å². The molecule has 6 aromatic carbocycles. The van der Waals surface area contributed by atoms with Crippen molar-refractivity contribution < 1.29 is 74.7 Å². The van der Waals surface area contributed by atoms with Gasteiger partial charge in [-0.1, -0.05) is 109 Å². The number of carbonyl (C=O) groups excluding carboxylic acids is 4.